The Balaban J connectivity index is 2.24. The predicted molar refractivity (Wildman–Crippen MR) is 78.0 cm³/mol. The van der Waals surface area contributed by atoms with Crippen molar-refractivity contribution in [3.05, 3.63) is 47.1 Å². The van der Waals surface area contributed by atoms with Crippen molar-refractivity contribution in [2.75, 3.05) is 24.3 Å². The molecule has 0 aliphatic rings. The maximum absolute atomic E-state index is 5.81. The number of aromatic nitrogens is 1. The van der Waals surface area contributed by atoms with Gasteiger partial charge in [0.05, 0.1) is 5.02 Å². The lowest BCUT2D eigenvalue weighted by atomic mass is 10.1. The highest BCUT2D eigenvalue weighted by molar-refractivity contribution is 6.30. The molecule has 2 rings (SSSR count). The first-order chi connectivity index (χ1) is 8.56. The molecule has 0 bridgehead atoms. The molecule has 0 saturated heterocycles. The standard InChI is InChI=1S/C14H16ClN3/c1-10-4-6-12(8-13(10)18(2)3)17-14-7-5-11(15)9-16-14/h4-9H,1-3H3,(H,16,17). The predicted octanol–water partition coefficient (Wildman–Crippen LogP) is 3.85. The van der Waals surface area contributed by atoms with Crippen molar-refractivity contribution in [3.8, 4) is 0 Å². The number of rotatable bonds is 3. The monoisotopic (exact) mass is 261 g/mol. The fraction of sp³-hybridized carbons (Fsp3) is 0.214. The van der Waals surface area contributed by atoms with Crippen LogP contribution in [0.25, 0.3) is 0 Å². The van der Waals surface area contributed by atoms with Crippen LogP contribution < -0.4 is 10.2 Å². The van der Waals surface area contributed by atoms with Gasteiger partial charge in [0.2, 0.25) is 0 Å². The second-order valence-corrected chi connectivity index (χ2v) is 4.82. The molecule has 1 heterocycles. The molecule has 18 heavy (non-hydrogen) atoms. The van der Waals surface area contributed by atoms with Crippen molar-refractivity contribution < 1.29 is 0 Å². The smallest absolute Gasteiger partial charge is 0.130 e. The van der Waals surface area contributed by atoms with E-state index >= 15 is 0 Å². The van der Waals surface area contributed by atoms with E-state index < -0.39 is 0 Å². The minimum Gasteiger partial charge on any atom is -0.377 e. The summed E-state index contributed by atoms with van der Waals surface area (Å²) < 4.78 is 0. The first kappa shape index (κ1) is 12.7. The average molecular weight is 262 g/mol. The lowest BCUT2D eigenvalue weighted by molar-refractivity contribution is 1.11. The van der Waals surface area contributed by atoms with Gasteiger partial charge >= 0.3 is 0 Å². The molecule has 1 aromatic carbocycles. The third-order valence-electron chi connectivity index (χ3n) is 2.69. The quantitative estimate of drug-likeness (QED) is 0.910. The van der Waals surface area contributed by atoms with Gasteiger partial charge in [0.1, 0.15) is 5.82 Å². The zero-order chi connectivity index (χ0) is 13.1. The van der Waals surface area contributed by atoms with Crippen LogP contribution in [0.3, 0.4) is 0 Å². The normalized spacial score (nSPS) is 10.2. The van der Waals surface area contributed by atoms with Crippen LogP contribution in [0.4, 0.5) is 17.2 Å². The van der Waals surface area contributed by atoms with Gasteiger partial charge in [-0.2, -0.15) is 0 Å². The van der Waals surface area contributed by atoms with Crippen LogP contribution in [0.15, 0.2) is 36.5 Å². The van der Waals surface area contributed by atoms with E-state index in [-0.39, 0.29) is 0 Å². The summed E-state index contributed by atoms with van der Waals surface area (Å²) in [5, 5.41) is 3.89. The van der Waals surface area contributed by atoms with Gasteiger partial charge in [0.15, 0.2) is 0 Å². The summed E-state index contributed by atoms with van der Waals surface area (Å²) in [4.78, 5) is 6.31. The molecule has 0 aliphatic carbocycles. The van der Waals surface area contributed by atoms with Crippen molar-refractivity contribution in [2.45, 2.75) is 6.92 Å². The summed E-state index contributed by atoms with van der Waals surface area (Å²) in [5.41, 5.74) is 3.45. The minimum absolute atomic E-state index is 0.637. The summed E-state index contributed by atoms with van der Waals surface area (Å²) in [6.07, 6.45) is 1.63. The Morgan fingerprint density at radius 3 is 2.56 bits per heavy atom. The number of nitrogens with zero attached hydrogens (tertiary/aromatic N) is 2. The van der Waals surface area contributed by atoms with Crippen LogP contribution in [-0.4, -0.2) is 19.1 Å². The molecule has 1 N–H and O–H groups in total. The molecule has 2 aromatic rings. The highest BCUT2D eigenvalue weighted by Crippen LogP contribution is 2.24. The fourth-order valence-electron chi connectivity index (χ4n) is 1.77. The maximum Gasteiger partial charge on any atom is 0.130 e. The number of benzene rings is 1. The Morgan fingerprint density at radius 2 is 1.94 bits per heavy atom. The molecule has 0 aliphatic heterocycles. The fourth-order valence-corrected chi connectivity index (χ4v) is 1.88. The van der Waals surface area contributed by atoms with Crippen molar-refractivity contribution in [1.82, 2.24) is 4.98 Å². The second-order valence-electron chi connectivity index (χ2n) is 4.38. The van der Waals surface area contributed by atoms with Crippen molar-refractivity contribution >= 4 is 28.8 Å². The van der Waals surface area contributed by atoms with E-state index in [1.165, 1.54) is 11.3 Å². The molecule has 3 nitrogen and oxygen atoms in total. The van der Waals surface area contributed by atoms with E-state index in [0.717, 1.165) is 11.5 Å². The Kier molecular flexibility index (Phi) is 3.72. The second kappa shape index (κ2) is 5.27. The summed E-state index contributed by atoms with van der Waals surface area (Å²) in [6, 6.07) is 9.91. The lowest BCUT2D eigenvalue weighted by Gasteiger charge is -2.17. The van der Waals surface area contributed by atoms with Crippen LogP contribution in [-0.2, 0) is 0 Å². The number of nitrogens with one attached hydrogen (secondary N) is 1. The van der Waals surface area contributed by atoms with Gasteiger partial charge in [-0.25, -0.2) is 4.98 Å². The Labute approximate surface area is 112 Å². The number of hydrogen-bond acceptors (Lipinski definition) is 3. The highest BCUT2D eigenvalue weighted by Gasteiger charge is 2.03. The zero-order valence-corrected chi connectivity index (χ0v) is 11.5. The largest absolute Gasteiger partial charge is 0.377 e. The number of anilines is 3. The Morgan fingerprint density at radius 1 is 1.17 bits per heavy atom. The zero-order valence-electron chi connectivity index (χ0n) is 10.7. The minimum atomic E-state index is 0.637. The molecule has 0 saturated carbocycles. The number of pyridine rings is 1. The topological polar surface area (TPSA) is 28.2 Å². The molecule has 0 unspecified atom stereocenters. The van der Waals surface area contributed by atoms with Gasteiger partial charge in [-0.1, -0.05) is 17.7 Å². The lowest BCUT2D eigenvalue weighted by Crippen LogP contribution is -2.10. The van der Waals surface area contributed by atoms with Crippen LogP contribution in [0, 0.1) is 6.92 Å². The van der Waals surface area contributed by atoms with Crippen LogP contribution in [0.1, 0.15) is 5.56 Å². The van der Waals surface area contributed by atoms with Gasteiger partial charge in [-0.15, -0.1) is 0 Å². The molecule has 1 aromatic heterocycles. The maximum atomic E-state index is 5.81. The number of hydrogen-bond donors (Lipinski definition) is 1. The summed E-state index contributed by atoms with van der Waals surface area (Å²) in [6.45, 7) is 2.10. The van der Waals surface area contributed by atoms with Gasteiger partial charge in [0.25, 0.3) is 0 Å². The molecular formula is C14H16ClN3. The van der Waals surface area contributed by atoms with Gasteiger partial charge in [0, 0.05) is 31.7 Å². The van der Waals surface area contributed by atoms with E-state index in [2.05, 4.69) is 34.3 Å². The molecule has 4 heteroatoms. The van der Waals surface area contributed by atoms with E-state index in [4.69, 9.17) is 11.6 Å². The Hall–Kier alpha value is -1.74. The molecule has 0 fully saturated rings. The summed E-state index contributed by atoms with van der Waals surface area (Å²) in [7, 11) is 4.07. The summed E-state index contributed by atoms with van der Waals surface area (Å²) >= 11 is 5.81. The van der Waals surface area contributed by atoms with E-state index in [9.17, 15) is 0 Å². The number of halogens is 1. The van der Waals surface area contributed by atoms with Crippen LogP contribution >= 0.6 is 11.6 Å². The molecule has 0 amide bonds. The van der Waals surface area contributed by atoms with Crippen molar-refractivity contribution in [2.24, 2.45) is 0 Å². The molecule has 0 radical (unpaired) electrons. The van der Waals surface area contributed by atoms with Gasteiger partial charge < -0.3 is 10.2 Å². The number of aryl methyl sites for hydroxylation is 1. The highest BCUT2D eigenvalue weighted by atomic mass is 35.5. The first-order valence-corrected chi connectivity index (χ1v) is 6.10. The van der Waals surface area contributed by atoms with Gasteiger partial charge in [-0.05, 0) is 36.8 Å². The average Bonchev–Trinajstić information content (AvgIpc) is 2.34. The van der Waals surface area contributed by atoms with Gasteiger partial charge in [-0.3, -0.25) is 0 Å². The van der Waals surface area contributed by atoms with Crippen molar-refractivity contribution in [3.63, 3.8) is 0 Å². The Bertz CT molecular complexity index is 535. The molecular weight excluding hydrogens is 246 g/mol. The van der Waals surface area contributed by atoms with E-state index in [1.54, 1.807) is 6.20 Å². The van der Waals surface area contributed by atoms with Crippen LogP contribution in [0.5, 0.6) is 0 Å². The molecule has 0 spiro atoms. The molecule has 0 atom stereocenters. The van der Waals surface area contributed by atoms with Crippen molar-refractivity contribution in [1.29, 1.82) is 0 Å². The van der Waals surface area contributed by atoms with E-state index in [0.29, 0.717) is 5.02 Å². The van der Waals surface area contributed by atoms with E-state index in [1.807, 2.05) is 32.3 Å². The third-order valence-corrected chi connectivity index (χ3v) is 2.91. The van der Waals surface area contributed by atoms with Crippen LogP contribution in [0.2, 0.25) is 5.02 Å². The summed E-state index contributed by atoms with van der Waals surface area (Å²) in [5.74, 6) is 0.785. The molecule has 94 valence electrons. The first-order valence-electron chi connectivity index (χ1n) is 5.73. The SMILES string of the molecule is Cc1ccc(Nc2ccc(Cl)cn2)cc1N(C)C. The third kappa shape index (κ3) is 2.93.